The van der Waals surface area contributed by atoms with Gasteiger partial charge in [-0.2, -0.15) is 0 Å². The molecule has 0 spiro atoms. The summed E-state index contributed by atoms with van der Waals surface area (Å²) in [7, 11) is 1.72. The molecule has 118 valence electrons. The zero-order valence-electron chi connectivity index (χ0n) is 13.2. The zero-order valence-corrected chi connectivity index (χ0v) is 14.0. The highest BCUT2D eigenvalue weighted by Gasteiger charge is 2.19. The number of nitrogens with zero attached hydrogens (tertiary/aromatic N) is 4. The lowest BCUT2D eigenvalue weighted by Gasteiger charge is -2.15. The third kappa shape index (κ3) is 2.68. The van der Waals surface area contributed by atoms with E-state index in [0.29, 0.717) is 10.8 Å². The Balaban J connectivity index is 2.32. The average Bonchev–Trinajstić information content (AvgIpc) is 2.93. The van der Waals surface area contributed by atoms with Gasteiger partial charge in [-0.25, -0.2) is 9.97 Å². The first kappa shape index (κ1) is 15.5. The van der Waals surface area contributed by atoms with Gasteiger partial charge in [-0.1, -0.05) is 23.7 Å². The first-order chi connectivity index (χ1) is 11.0. The van der Waals surface area contributed by atoms with Crippen LogP contribution < -0.4 is 4.90 Å². The maximum Gasteiger partial charge on any atom is 0.224 e. The highest BCUT2D eigenvalue weighted by atomic mass is 35.5. The molecule has 0 bridgehead atoms. The lowest BCUT2D eigenvalue weighted by molar-refractivity contribution is -0.116. The fraction of sp³-hybridized carbons (Fsp3) is 0.235. The second-order valence-corrected chi connectivity index (χ2v) is 5.75. The molecule has 1 aromatic carbocycles. The molecule has 3 rings (SSSR count). The SMILES string of the molecule is CCn1cc(-c2ccc(Cl)cc2)c2c(N(C)C(C)=O)ncnc21. The van der Waals surface area contributed by atoms with E-state index >= 15 is 0 Å². The molecule has 0 saturated carbocycles. The third-order valence-corrected chi connectivity index (χ3v) is 4.17. The Labute approximate surface area is 139 Å². The number of benzene rings is 1. The molecule has 23 heavy (non-hydrogen) atoms. The van der Waals surface area contributed by atoms with Gasteiger partial charge in [0.2, 0.25) is 5.91 Å². The molecule has 0 N–H and O–H groups in total. The van der Waals surface area contributed by atoms with E-state index < -0.39 is 0 Å². The summed E-state index contributed by atoms with van der Waals surface area (Å²) >= 11 is 5.99. The highest BCUT2D eigenvalue weighted by molar-refractivity contribution is 6.30. The second kappa shape index (κ2) is 6.01. The summed E-state index contributed by atoms with van der Waals surface area (Å²) in [6, 6.07) is 7.62. The van der Waals surface area contributed by atoms with Gasteiger partial charge in [0.15, 0.2) is 0 Å². The smallest absolute Gasteiger partial charge is 0.224 e. The van der Waals surface area contributed by atoms with Crippen molar-refractivity contribution in [2.24, 2.45) is 0 Å². The van der Waals surface area contributed by atoms with Crippen molar-refractivity contribution in [1.29, 1.82) is 0 Å². The van der Waals surface area contributed by atoms with E-state index in [1.165, 1.54) is 13.3 Å². The van der Waals surface area contributed by atoms with E-state index in [4.69, 9.17) is 11.6 Å². The van der Waals surface area contributed by atoms with Crippen LogP contribution in [0.15, 0.2) is 36.8 Å². The van der Waals surface area contributed by atoms with Gasteiger partial charge < -0.3 is 4.57 Å². The van der Waals surface area contributed by atoms with Crippen molar-refractivity contribution in [3.05, 3.63) is 41.8 Å². The fourth-order valence-electron chi connectivity index (χ4n) is 2.60. The van der Waals surface area contributed by atoms with Gasteiger partial charge in [-0.05, 0) is 24.6 Å². The average molecular weight is 329 g/mol. The third-order valence-electron chi connectivity index (χ3n) is 3.92. The van der Waals surface area contributed by atoms with E-state index in [2.05, 4.69) is 21.5 Å². The molecule has 0 aliphatic heterocycles. The van der Waals surface area contributed by atoms with Gasteiger partial charge in [0.05, 0.1) is 5.39 Å². The van der Waals surface area contributed by atoms with Gasteiger partial charge >= 0.3 is 0 Å². The topological polar surface area (TPSA) is 51.0 Å². The minimum absolute atomic E-state index is 0.0729. The Morgan fingerprint density at radius 2 is 1.96 bits per heavy atom. The number of aromatic nitrogens is 3. The molecule has 0 aliphatic carbocycles. The summed E-state index contributed by atoms with van der Waals surface area (Å²) in [5.41, 5.74) is 2.82. The van der Waals surface area contributed by atoms with E-state index in [1.54, 1.807) is 11.9 Å². The molecule has 5 nitrogen and oxygen atoms in total. The number of anilines is 1. The van der Waals surface area contributed by atoms with Gasteiger partial charge in [0.25, 0.3) is 0 Å². The number of hydrogen-bond acceptors (Lipinski definition) is 3. The molecule has 1 amide bonds. The summed E-state index contributed by atoms with van der Waals surface area (Å²) in [5, 5.41) is 1.56. The lowest BCUT2D eigenvalue weighted by Crippen LogP contribution is -2.24. The standard InChI is InChI=1S/C17H17ClN4O/c1-4-22-9-14(12-5-7-13(18)8-6-12)15-16(21(3)11(2)23)19-10-20-17(15)22/h5-10H,4H2,1-3H3. The number of amides is 1. The summed E-state index contributed by atoms with van der Waals surface area (Å²) in [4.78, 5) is 22.1. The number of carbonyl (C=O) groups excluding carboxylic acids is 1. The number of rotatable bonds is 3. The molecule has 3 aromatic rings. The molecule has 0 radical (unpaired) electrons. The van der Waals surface area contributed by atoms with E-state index in [1.807, 2.05) is 30.5 Å². The van der Waals surface area contributed by atoms with Crippen LogP contribution in [0.3, 0.4) is 0 Å². The van der Waals surface area contributed by atoms with Crippen molar-refractivity contribution in [1.82, 2.24) is 14.5 Å². The molecule has 0 aliphatic rings. The largest absolute Gasteiger partial charge is 0.332 e. The second-order valence-electron chi connectivity index (χ2n) is 5.31. The maximum atomic E-state index is 11.8. The monoisotopic (exact) mass is 328 g/mol. The minimum Gasteiger partial charge on any atom is -0.332 e. The van der Waals surface area contributed by atoms with E-state index in [0.717, 1.165) is 28.7 Å². The van der Waals surface area contributed by atoms with Crippen molar-refractivity contribution in [2.75, 3.05) is 11.9 Å². The van der Waals surface area contributed by atoms with Gasteiger partial charge in [0.1, 0.15) is 17.8 Å². The Bertz CT molecular complexity index is 870. The Morgan fingerprint density at radius 1 is 1.26 bits per heavy atom. The summed E-state index contributed by atoms with van der Waals surface area (Å²) in [5.74, 6) is 0.538. The summed E-state index contributed by atoms with van der Waals surface area (Å²) in [6.07, 6.45) is 3.54. The molecule has 2 aromatic heterocycles. The number of halogens is 1. The number of carbonyl (C=O) groups is 1. The predicted molar refractivity (Wildman–Crippen MR) is 92.7 cm³/mol. The van der Waals surface area contributed by atoms with Crippen molar-refractivity contribution < 1.29 is 4.79 Å². The highest BCUT2D eigenvalue weighted by Crippen LogP contribution is 2.35. The number of hydrogen-bond donors (Lipinski definition) is 0. The van der Waals surface area contributed by atoms with Crippen LogP contribution in [-0.4, -0.2) is 27.5 Å². The van der Waals surface area contributed by atoms with Crippen LogP contribution in [-0.2, 0) is 11.3 Å². The Kier molecular flexibility index (Phi) is 4.05. The van der Waals surface area contributed by atoms with Crippen LogP contribution in [0.25, 0.3) is 22.2 Å². The fourth-order valence-corrected chi connectivity index (χ4v) is 2.73. The molecular weight excluding hydrogens is 312 g/mol. The van der Waals surface area contributed by atoms with Gasteiger partial charge in [-0.3, -0.25) is 9.69 Å². The molecule has 6 heteroatoms. The number of fused-ring (bicyclic) bond motifs is 1. The molecule has 0 unspecified atom stereocenters. The van der Waals surface area contributed by atoms with E-state index in [-0.39, 0.29) is 5.91 Å². The van der Waals surface area contributed by atoms with Crippen molar-refractivity contribution >= 4 is 34.4 Å². The van der Waals surface area contributed by atoms with Gasteiger partial charge in [-0.15, -0.1) is 0 Å². The van der Waals surface area contributed by atoms with E-state index in [9.17, 15) is 4.79 Å². The van der Waals surface area contributed by atoms with Crippen molar-refractivity contribution in [3.8, 4) is 11.1 Å². The lowest BCUT2D eigenvalue weighted by atomic mass is 10.1. The quantitative estimate of drug-likeness (QED) is 0.735. The van der Waals surface area contributed by atoms with Crippen LogP contribution in [0.2, 0.25) is 5.02 Å². The van der Waals surface area contributed by atoms with Gasteiger partial charge in [0, 0.05) is 37.3 Å². The first-order valence-corrected chi connectivity index (χ1v) is 7.74. The Morgan fingerprint density at radius 3 is 2.57 bits per heavy atom. The van der Waals surface area contributed by atoms with Crippen molar-refractivity contribution in [3.63, 3.8) is 0 Å². The molecule has 2 heterocycles. The van der Waals surface area contributed by atoms with Crippen molar-refractivity contribution in [2.45, 2.75) is 20.4 Å². The normalized spacial score (nSPS) is 11.0. The zero-order chi connectivity index (χ0) is 16.6. The minimum atomic E-state index is -0.0729. The van der Waals surface area contributed by atoms with Crippen LogP contribution in [0.4, 0.5) is 5.82 Å². The maximum absolute atomic E-state index is 11.8. The predicted octanol–water partition coefficient (Wildman–Crippen LogP) is 3.75. The molecular formula is C17H17ClN4O. The number of aryl methyl sites for hydroxylation is 1. The van der Waals surface area contributed by atoms with Crippen LogP contribution in [0.1, 0.15) is 13.8 Å². The summed E-state index contributed by atoms with van der Waals surface area (Å²) < 4.78 is 2.05. The molecule has 0 atom stereocenters. The first-order valence-electron chi connectivity index (χ1n) is 7.37. The van der Waals surface area contributed by atoms with Crippen LogP contribution in [0.5, 0.6) is 0 Å². The van der Waals surface area contributed by atoms with Crippen LogP contribution >= 0.6 is 11.6 Å². The molecule has 0 fully saturated rings. The molecule has 0 saturated heterocycles. The van der Waals surface area contributed by atoms with Crippen LogP contribution in [0, 0.1) is 0 Å². The summed E-state index contributed by atoms with van der Waals surface area (Å²) in [6.45, 7) is 4.36. The Hall–Kier alpha value is -2.40.